The van der Waals surface area contributed by atoms with E-state index in [1.165, 1.54) is 17.4 Å². The van der Waals surface area contributed by atoms with Gasteiger partial charge in [0.25, 0.3) is 5.91 Å². The Bertz CT molecular complexity index is 612. The van der Waals surface area contributed by atoms with Gasteiger partial charge >= 0.3 is 0 Å². The van der Waals surface area contributed by atoms with Crippen LogP contribution in [0.2, 0.25) is 0 Å². The normalized spacial score (nSPS) is 10.4. The van der Waals surface area contributed by atoms with Crippen LogP contribution in [0, 0.1) is 12.7 Å². The van der Waals surface area contributed by atoms with Gasteiger partial charge in [-0.25, -0.2) is 4.39 Å². The third-order valence-electron chi connectivity index (χ3n) is 2.31. The molecule has 0 fully saturated rings. The van der Waals surface area contributed by atoms with E-state index in [0.29, 0.717) is 15.0 Å². The maximum Gasteiger partial charge on any atom is 0.265 e. The van der Waals surface area contributed by atoms with Crippen LogP contribution < -0.4 is 5.32 Å². The van der Waals surface area contributed by atoms with E-state index in [-0.39, 0.29) is 5.91 Å². The standard InChI is InChI=1S/C12H8Br2FNOS/c1-6-4-7(13)8(15)5-9(6)16-12(17)10-2-3-11(14)18-10/h2-5H,1H3,(H,16,17). The number of rotatable bonds is 2. The van der Waals surface area contributed by atoms with Crippen LogP contribution in [0.15, 0.2) is 32.5 Å². The number of benzene rings is 1. The number of thiophene rings is 1. The van der Waals surface area contributed by atoms with Crippen LogP contribution in [-0.4, -0.2) is 5.91 Å². The molecule has 1 aromatic carbocycles. The first kappa shape index (κ1) is 13.7. The van der Waals surface area contributed by atoms with Crippen LogP contribution in [0.25, 0.3) is 0 Å². The van der Waals surface area contributed by atoms with Crippen LogP contribution in [0.1, 0.15) is 15.2 Å². The van der Waals surface area contributed by atoms with E-state index in [0.717, 1.165) is 9.35 Å². The first-order chi connectivity index (χ1) is 8.47. The summed E-state index contributed by atoms with van der Waals surface area (Å²) in [7, 11) is 0. The predicted octanol–water partition coefficient (Wildman–Crippen LogP) is 4.97. The average Bonchev–Trinajstić information content (AvgIpc) is 2.73. The van der Waals surface area contributed by atoms with E-state index in [1.54, 1.807) is 18.2 Å². The quantitative estimate of drug-likeness (QED) is 0.767. The van der Waals surface area contributed by atoms with Gasteiger partial charge < -0.3 is 5.32 Å². The first-order valence-corrected chi connectivity index (χ1v) is 7.40. The van der Waals surface area contributed by atoms with E-state index in [1.807, 2.05) is 6.92 Å². The van der Waals surface area contributed by atoms with Crippen LogP contribution in [0.4, 0.5) is 10.1 Å². The fraction of sp³-hybridized carbons (Fsp3) is 0.0833. The van der Waals surface area contributed by atoms with Crippen LogP contribution in [0.3, 0.4) is 0 Å². The van der Waals surface area contributed by atoms with Gasteiger partial charge in [0.2, 0.25) is 0 Å². The zero-order chi connectivity index (χ0) is 13.3. The molecule has 0 aliphatic rings. The highest BCUT2D eigenvalue weighted by molar-refractivity contribution is 9.11. The highest BCUT2D eigenvalue weighted by atomic mass is 79.9. The fourth-order valence-electron chi connectivity index (χ4n) is 1.40. The lowest BCUT2D eigenvalue weighted by molar-refractivity contribution is 0.103. The zero-order valence-corrected chi connectivity index (χ0v) is 13.2. The van der Waals surface area contributed by atoms with Crippen molar-refractivity contribution in [3.63, 3.8) is 0 Å². The molecule has 2 rings (SSSR count). The summed E-state index contributed by atoms with van der Waals surface area (Å²) in [5.41, 5.74) is 1.28. The highest BCUT2D eigenvalue weighted by Gasteiger charge is 2.12. The Kier molecular flexibility index (Phi) is 4.19. The maximum atomic E-state index is 13.4. The van der Waals surface area contributed by atoms with Crippen molar-refractivity contribution in [3.05, 3.63) is 48.8 Å². The van der Waals surface area contributed by atoms with Crippen LogP contribution in [-0.2, 0) is 0 Å². The second-order valence-electron chi connectivity index (χ2n) is 3.64. The first-order valence-electron chi connectivity index (χ1n) is 4.99. The van der Waals surface area contributed by atoms with Crippen molar-refractivity contribution >= 4 is 54.8 Å². The number of hydrogen-bond donors (Lipinski definition) is 1. The minimum absolute atomic E-state index is 0.240. The predicted molar refractivity (Wildman–Crippen MR) is 78.8 cm³/mol. The Hall–Kier alpha value is -0.720. The van der Waals surface area contributed by atoms with Gasteiger partial charge in [-0.1, -0.05) is 0 Å². The summed E-state index contributed by atoms with van der Waals surface area (Å²) < 4.78 is 14.7. The Labute approximate surface area is 124 Å². The van der Waals surface area contributed by atoms with Gasteiger partial charge in [-0.3, -0.25) is 4.79 Å². The summed E-state index contributed by atoms with van der Waals surface area (Å²) in [6, 6.07) is 6.46. The molecule has 1 heterocycles. The van der Waals surface area contributed by atoms with E-state index in [4.69, 9.17) is 0 Å². The number of halogens is 3. The molecule has 1 aromatic heterocycles. The second-order valence-corrected chi connectivity index (χ2v) is 6.96. The van der Waals surface area contributed by atoms with E-state index < -0.39 is 5.82 Å². The lowest BCUT2D eigenvalue weighted by atomic mass is 10.2. The maximum absolute atomic E-state index is 13.4. The van der Waals surface area contributed by atoms with E-state index >= 15 is 0 Å². The molecule has 2 nitrogen and oxygen atoms in total. The molecular weight excluding hydrogens is 385 g/mol. The van der Waals surface area contributed by atoms with Crippen molar-refractivity contribution in [1.29, 1.82) is 0 Å². The van der Waals surface area contributed by atoms with Gasteiger partial charge in [-0.2, -0.15) is 0 Å². The molecular formula is C12H8Br2FNOS. The number of amides is 1. The van der Waals surface area contributed by atoms with E-state index in [9.17, 15) is 9.18 Å². The van der Waals surface area contributed by atoms with Crippen LogP contribution >= 0.6 is 43.2 Å². The molecule has 6 heteroatoms. The fourth-order valence-corrected chi connectivity index (χ4v) is 3.14. The van der Waals surface area contributed by atoms with Crippen molar-refractivity contribution in [3.8, 4) is 0 Å². The van der Waals surface area contributed by atoms with Gasteiger partial charge in [-0.15, -0.1) is 11.3 Å². The molecule has 0 spiro atoms. The monoisotopic (exact) mass is 391 g/mol. The minimum Gasteiger partial charge on any atom is -0.321 e. The van der Waals surface area contributed by atoms with Gasteiger partial charge in [-0.05, 0) is 68.6 Å². The highest BCUT2D eigenvalue weighted by Crippen LogP contribution is 2.26. The summed E-state index contributed by atoms with van der Waals surface area (Å²) in [5.74, 6) is -0.640. The third kappa shape index (κ3) is 2.99. The van der Waals surface area contributed by atoms with Gasteiger partial charge in [0.05, 0.1) is 13.1 Å². The molecule has 0 saturated carbocycles. The Morgan fingerprint density at radius 1 is 1.33 bits per heavy atom. The number of carbonyl (C=O) groups is 1. The number of carbonyl (C=O) groups excluding carboxylic acids is 1. The summed E-state index contributed by atoms with van der Waals surface area (Å²) in [5, 5.41) is 2.70. The SMILES string of the molecule is Cc1cc(Br)c(F)cc1NC(=O)c1ccc(Br)s1. The van der Waals surface area contributed by atoms with Crippen molar-refractivity contribution in [1.82, 2.24) is 0 Å². The molecule has 1 N–H and O–H groups in total. The lowest BCUT2D eigenvalue weighted by Crippen LogP contribution is -2.11. The molecule has 0 bridgehead atoms. The van der Waals surface area contributed by atoms with Gasteiger partial charge in [0, 0.05) is 5.69 Å². The molecule has 2 aromatic rings. The molecule has 18 heavy (non-hydrogen) atoms. The molecule has 0 unspecified atom stereocenters. The largest absolute Gasteiger partial charge is 0.321 e. The van der Waals surface area contributed by atoms with Crippen molar-refractivity contribution < 1.29 is 9.18 Å². The average molecular weight is 393 g/mol. The second kappa shape index (κ2) is 5.50. The summed E-state index contributed by atoms with van der Waals surface area (Å²) in [4.78, 5) is 12.5. The van der Waals surface area contributed by atoms with Gasteiger partial charge in [0.1, 0.15) is 5.82 Å². The molecule has 1 amide bonds. The topological polar surface area (TPSA) is 29.1 Å². The Morgan fingerprint density at radius 3 is 2.67 bits per heavy atom. The van der Waals surface area contributed by atoms with Crippen molar-refractivity contribution in [2.24, 2.45) is 0 Å². The Balaban J connectivity index is 2.24. The van der Waals surface area contributed by atoms with E-state index in [2.05, 4.69) is 37.2 Å². The van der Waals surface area contributed by atoms with Crippen molar-refractivity contribution in [2.75, 3.05) is 5.32 Å². The molecule has 0 radical (unpaired) electrons. The van der Waals surface area contributed by atoms with Crippen LogP contribution in [0.5, 0.6) is 0 Å². The molecule has 0 aliphatic heterocycles. The molecule has 0 saturated heterocycles. The molecule has 94 valence electrons. The summed E-state index contributed by atoms with van der Waals surface area (Å²) in [6.45, 7) is 1.81. The number of hydrogen-bond acceptors (Lipinski definition) is 2. The molecule has 0 atom stereocenters. The van der Waals surface area contributed by atoms with Gasteiger partial charge in [0.15, 0.2) is 0 Å². The number of anilines is 1. The zero-order valence-electron chi connectivity index (χ0n) is 9.26. The Morgan fingerprint density at radius 2 is 2.06 bits per heavy atom. The molecule has 0 aliphatic carbocycles. The summed E-state index contributed by atoms with van der Waals surface area (Å²) in [6.07, 6.45) is 0. The number of nitrogens with one attached hydrogen (secondary N) is 1. The smallest absolute Gasteiger partial charge is 0.265 e. The van der Waals surface area contributed by atoms with Crippen molar-refractivity contribution in [2.45, 2.75) is 6.92 Å². The summed E-state index contributed by atoms with van der Waals surface area (Å²) >= 11 is 7.73. The number of aryl methyl sites for hydroxylation is 1. The minimum atomic E-state index is -0.400. The lowest BCUT2D eigenvalue weighted by Gasteiger charge is -2.08. The third-order valence-corrected chi connectivity index (χ3v) is 4.54.